The van der Waals surface area contributed by atoms with Crippen molar-refractivity contribution in [3.05, 3.63) is 46.7 Å². The van der Waals surface area contributed by atoms with Crippen LogP contribution in [0.2, 0.25) is 5.02 Å². The minimum Gasteiger partial charge on any atom is -0.393 e. The van der Waals surface area contributed by atoms with Crippen LogP contribution in [-0.2, 0) is 6.54 Å². The molecule has 4 fully saturated rings. The third kappa shape index (κ3) is 3.51. The lowest BCUT2D eigenvalue weighted by atomic mass is 9.44. The van der Waals surface area contributed by atoms with Crippen LogP contribution in [-0.4, -0.2) is 80.7 Å². The maximum absolute atomic E-state index is 12.3. The van der Waals surface area contributed by atoms with Gasteiger partial charge >= 0.3 is 0 Å². The zero-order chi connectivity index (χ0) is 26.4. The minimum atomic E-state index is -2.01. The standard InChI is InChI=1S/C27H36ClN3O6/c1-24-12-21(33)23-19(6-8-25(35)11-17(32)10-22(34)27(23,25)37)26(24,36)9-7-18(24)20-14-31(30-29-20)13-15-2-4-16(28)5-3-15/h2-5,14,17-19,21-23,32-37H,6-13H2,1H3/t17-,18+,19?,21+,22+,23?,24+,25-,26-,27?/m0/s1. The molecule has 202 valence electrons. The molecule has 6 N–H and O–H groups in total. The second-order valence-corrected chi connectivity index (χ2v) is 12.7. The van der Waals surface area contributed by atoms with E-state index in [2.05, 4.69) is 10.3 Å². The first-order chi connectivity index (χ1) is 17.4. The predicted octanol–water partition coefficient (Wildman–Crippen LogP) is 1.36. The first kappa shape index (κ1) is 25.7. The first-order valence-corrected chi connectivity index (χ1v) is 13.6. The van der Waals surface area contributed by atoms with Gasteiger partial charge in [-0.05, 0) is 55.7 Å². The lowest BCUT2D eigenvalue weighted by Crippen LogP contribution is -2.78. The number of halogens is 1. The van der Waals surface area contributed by atoms with Crippen molar-refractivity contribution in [1.82, 2.24) is 15.0 Å². The number of aliphatic hydroxyl groups excluding tert-OH is 3. The number of nitrogens with zero attached hydrogens (tertiary/aromatic N) is 3. The lowest BCUT2D eigenvalue weighted by Gasteiger charge is -2.66. The molecule has 4 aliphatic rings. The molecule has 1 heterocycles. The van der Waals surface area contributed by atoms with E-state index in [0.717, 1.165) is 11.3 Å². The number of hydrogen-bond donors (Lipinski definition) is 6. The van der Waals surface area contributed by atoms with Gasteiger partial charge in [0.1, 0.15) is 5.60 Å². The van der Waals surface area contributed by atoms with Gasteiger partial charge in [0.25, 0.3) is 0 Å². The average molecular weight is 534 g/mol. The van der Waals surface area contributed by atoms with Crippen molar-refractivity contribution < 1.29 is 30.6 Å². The highest BCUT2D eigenvalue weighted by Gasteiger charge is 2.75. The maximum atomic E-state index is 12.3. The summed E-state index contributed by atoms with van der Waals surface area (Å²) in [7, 11) is 0. The van der Waals surface area contributed by atoms with Crippen molar-refractivity contribution in [2.24, 2.45) is 17.3 Å². The lowest BCUT2D eigenvalue weighted by molar-refractivity contribution is -0.333. The van der Waals surface area contributed by atoms with E-state index < -0.39 is 52.4 Å². The Kier molecular flexibility index (Phi) is 5.87. The summed E-state index contributed by atoms with van der Waals surface area (Å²) in [5, 5.41) is 77.7. The number of benzene rings is 1. The van der Waals surface area contributed by atoms with Gasteiger partial charge in [-0.1, -0.05) is 35.9 Å². The zero-order valence-corrected chi connectivity index (χ0v) is 21.7. The predicted molar refractivity (Wildman–Crippen MR) is 134 cm³/mol. The third-order valence-corrected chi connectivity index (χ3v) is 10.8. The van der Waals surface area contributed by atoms with E-state index in [4.69, 9.17) is 11.6 Å². The molecule has 1 aromatic carbocycles. The number of hydrogen-bond acceptors (Lipinski definition) is 8. The molecule has 9 nitrogen and oxygen atoms in total. The smallest absolute Gasteiger partial charge is 0.125 e. The molecule has 6 rings (SSSR count). The topological polar surface area (TPSA) is 152 Å². The van der Waals surface area contributed by atoms with Gasteiger partial charge in [0, 0.05) is 41.3 Å². The number of aromatic nitrogens is 3. The normalized spacial score (nSPS) is 47.2. The molecule has 3 unspecified atom stereocenters. The monoisotopic (exact) mass is 533 g/mol. The molecule has 2 aromatic rings. The Bertz CT molecular complexity index is 1180. The van der Waals surface area contributed by atoms with Crippen LogP contribution in [0.1, 0.15) is 69.0 Å². The number of fused-ring (bicyclic) bond motifs is 5. The molecular weight excluding hydrogens is 498 g/mol. The Balaban J connectivity index is 1.30. The van der Waals surface area contributed by atoms with Crippen molar-refractivity contribution in [2.75, 3.05) is 0 Å². The molecule has 37 heavy (non-hydrogen) atoms. The van der Waals surface area contributed by atoms with Gasteiger partial charge in [-0.3, -0.25) is 0 Å². The Morgan fingerprint density at radius 1 is 1.03 bits per heavy atom. The van der Waals surface area contributed by atoms with Crippen LogP contribution >= 0.6 is 11.6 Å². The van der Waals surface area contributed by atoms with Gasteiger partial charge in [-0.2, -0.15) is 0 Å². The molecule has 4 saturated carbocycles. The molecular formula is C27H36ClN3O6. The summed E-state index contributed by atoms with van der Waals surface area (Å²) in [5.41, 5.74) is -3.91. The second-order valence-electron chi connectivity index (χ2n) is 12.3. The van der Waals surface area contributed by atoms with Gasteiger partial charge in [0.05, 0.1) is 41.8 Å². The molecule has 0 aliphatic heterocycles. The highest BCUT2D eigenvalue weighted by atomic mass is 35.5. The van der Waals surface area contributed by atoms with Gasteiger partial charge in [0.2, 0.25) is 0 Å². The van der Waals surface area contributed by atoms with Crippen LogP contribution in [0.25, 0.3) is 0 Å². The van der Waals surface area contributed by atoms with E-state index in [9.17, 15) is 30.6 Å². The maximum Gasteiger partial charge on any atom is 0.125 e. The summed E-state index contributed by atoms with van der Waals surface area (Å²) in [6.07, 6.45) is 0.164. The van der Waals surface area contributed by atoms with E-state index in [1.807, 2.05) is 37.4 Å². The summed E-state index contributed by atoms with van der Waals surface area (Å²) in [6, 6.07) is 7.53. The van der Waals surface area contributed by atoms with E-state index in [1.165, 1.54) is 0 Å². The van der Waals surface area contributed by atoms with Crippen molar-refractivity contribution >= 4 is 11.6 Å². The molecule has 1 aromatic heterocycles. The van der Waals surface area contributed by atoms with Gasteiger partial charge < -0.3 is 30.6 Å². The van der Waals surface area contributed by atoms with Gasteiger partial charge in [-0.25, -0.2) is 4.68 Å². The quantitative estimate of drug-likeness (QED) is 0.346. The first-order valence-electron chi connectivity index (χ1n) is 13.3. The highest BCUT2D eigenvalue weighted by Crippen LogP contribution is 2.69. The molecule has 0 radical (unpaired) electrons. The summed E-state index contributed by atoms with van der Waals surface area (Å²) < 4.78 is 1.76. The fourth-order valence-electron chi connectivity index (χ4n) is 8.76. The van der Waals surface area contributed by atoms with Gasteiger partial charge in [-0.15, -0.1) is 5.10 Å². The zero-order valence-electron chi connectivity index (χ0n) is 20.9. The molecule has 0 saturated heterocycles. The fourth-order valence-corrected chi connectivity index (χ4v) is 8.88. The van der Waals surface area contributed by atoms with Crippen molar-refractivity contribution in [1.29, 1.82) is 0 Å². The van der Waals surface area contributed by atoms with Crippen LogP contribution in [0.15, 0.2) is 30.5 Å². The molecule has 0 spiro atoms. The fraction of sp³-hybridized carbons (Fsp3) is 0.704. The van der Waals surface area contributed by atoms with Crippen LogP contribution in [0.4, 0.5) is 0 Å². The summed E-state index contributed by atoms with van der Waals surface area (Å²) in [5.74, 6) is -1.59. The summed E-state index contributed by atoms with van der Waals surface area (Å²) >= 11 is 5.99. The second kappa shape index (κ2) is 8.45. The number of rotatable bonds is 3. The Morgan fingerprint density at radius 3 is 2.49 bits per heavy atom. The molecule has 10 atom stereocenters. The van der Waals surface area contributed by atoms with Crippen molar-refractivity contribution in [2.45, 2.75) is 99.4 Å². The third-order valence-electron chi connectivity index (χ3n) is 10.5. The van der Waals surface area contributed by atoms with Crippen LogP contribution in [0, 0.1) is 17.3 Å². The Hall–Kier alpha value is -1.59. The molecule has 0 bridgehead atoms. The minimum absolute atomic E-state index is 0.0639. The Morgan fingerprint density at radius 2 is 1.76 bits per heavy atom. The van der Waals surface area contributed by atoms with Crippen LogP contribution in [0.3, 0.4) is 0 Å². The van der Waals surface area contributed by atoms with Crippen molar-refractivity contribution in [3.8, 4) is 0 Å². The largest absolute Gasteiger partial charge is 0.393 e. The summed E-state index contributed by atoms with van der Waals surface area (Å²) in [4.78, 5) is 0. The van der Waals surface area contributed by atoms with E-state index in [1.54, 1.807) is 4.68 Å². The average Bonchev–Trinajstić information content (AvgIpc) is 3.38. The Labute approximate surface area is 220 Å². The summed E-state index contributed by atoms with van der Waals surface area (Å²) in [6.45, 7) is 2.51. The van der Waals surface area contributed by atoms with Crippen molar-refractivity contribution in [3.63, 3.8) is 0 Å². The SMILES string of the molecule is C[C@]12C[C@@H](O)C3C(CC[C@]4(O)C[C@@H](O)C[C@@H](O)C34O)[C@@]1(O)CC[C@@H]2c1cn(Cc2ccc(Cl)cc2)nn1. The van der Waals surface area contributed by atoms with E-state index in [-0.39, 0.29) is 31.6 Å². The molecule has 4 aliphatic carbocycles. The highest BCUT2D eigenvalue weighted by molar-refractivity contribution is 6.30. The molecule has 10 heteroatoms. The van der Waals surface area contributed by atoms with Gasteiger partial charge in [0.15, 0.2) is 0 Å². The number of aliphatic hydroxyl groups is 6. The van der Waals surface area contributed by atoms with E-state index in [0.29, 0.717) is 30.8 Å². The van der Waals surface area contributed by atoms with Crippen LogP contribution in [0.5, 0.6) is 0 Å². The van der Waals surface area contributed by atoms with E-state index >= 15 is 0 Å². The van der Waals surface area contributed by atoms with Crippen LogP contribution < -0.4 is 0 Å². The molecule has 0 amide bonds.